The van der Waals surface area contributed by atoms with Crippen LogP contribution >= 0.6 is 11.3 Å². The summed E-state index contributed by atoms with van der Waals surface area (Å²) in [6.45, 7) is 6.64. The topological polar surface area (TPSA) is 55.1 Å². The van der Waals surface area contributed by atoms with Crippen LogP contribution in [0.25, 0.3) is 21.5 Å². The zero-order valence-electron chi connectivity index (χ0n) is 16.5. The second kappa shape index (κ2) is 6.42. The molecule has 0 atom stereocenters. The number of rotatable bonds is 1. The summed E-state index contributed by atoms with van der Waals surface area (Å²) in [5.74, 6) is 0.669. The van der Waals surface area contributed by atoms with Gasteiger partial charge in [-0.2, -0.15) is 4.98 Å². The van der Waals surface area contributed by atoms with E-state index in [2.05, 4.69) is 15.6 Å². The van der Waals surface area contributed by atoms with E-state index in [9.17, 15) is 9.90 Å². The third kappa shape index (κ3) is 2.65. The Balaban J connectivity index is 1.90. The second-order valence-electron chi connectivity index (χ2n) is 7.54. The number of hydrogen-bond acceptors (Lipinski definition) is 4. The molecule has 3 heterocycles. The maximum Gasteiger partial charge on any atom is 0.282 e. The van der Waals surface area contributed by atoms with E-state index in [1.165, 1.54) is 0 Å². The van der Waals surface area contributed by atoms with E-state index in [1.54, 1.807) is 11.3 Å². The summed E-state index contributed by atoms with van der Waals surface area (Å²) in [6.07, 6.45) is 0. The first-order chi connectivity index (χ1) is 14.0. The molecule has 0 spiro atoms. The fourth-order valence-electron chi connectivity index (χ4n) is 3.98. The van der Waals surface area contributed by atoms with E-state index in [1.807, 2.05) is 63.2 Å². The first-order valence-corrected chi connectivity index (χ1v) is 10.4. The molecule has 144 valence electrons. The molecule has 0 saturated heterocycles. The summed E-state index contributed by atoms with van der Waals surface area (Å²) in [5.41, 5.74) is 5.22. The van der Waals surface area contributed by atoms with E-state index in [4.69, 9.17) is 0 Å². The molecule has 2 aromatic heterocycles. The lowest BCUT2D eigenvalue weighted by Crippen LogP contribution is -2.23. The smallest absolute Gasteiger partial charge is 0.282 e. The minimum absolute atomic E-state index is 0.141. The van der Waals surface area contributed by atoms with Gasteiger partial charge in [-0.15, -0.1) is 11.3 Å². The van der Waals surface area contributed by atoms with Gasteiger partial charge in [0.15, 0.2) is 0 Å². The quantitative estimate of drug-likeness (QED) is 0.393. The molecule has 1 N–H and O–H groups in total. The highest BCUT2D eigenvalue weighted by atomic mass is 32.1. The van der Waals surface area contributed by atoms with Crippen molar-refractivity contribution < 1.29 is 5.11 Å². The Labute approximate surface area is 172 Å². The maximum absolute atomic E-state index is 12.9. The molecule has 4 aromatic rings. The largest absolute Gasteiger partial charge is 0.507 e. The summed E-state index contributed by atoms with van der Waals surface area (Å²) in [7, 11) is 0. The molecule has 5 rings (SSSR count). The first kappa shape index (κ1) is 17.9. The Morgan fingerprint density at radius 3 is 2.55 bits per heavy atom. The normalized spacial score (nSPS) is 14.6. The number of fused-ring (bicyclic) bond motifs is 4. The van der Waals surface area contributed by atoms with Gasteiger partial charge < -0.3 is 9.67 Å². The number of aryl methyl sites for hydroxylation is 3. The monoisotopic (exact) mass is 400 g/mol. The molecule has 29 heavy (non-hydrogen) atoms. The number of aliphatic hydroxyl groups excluding tert-OH is 1. The Morgan fingerprint density at radius 2 is 1.79 bits per heavy atom. The molecule has 5 heteroatoms. The molecule has 4 nitrogen and oxygen atoms in total. The Hall–Kier alpha value is -3.18. The first-order valence-electron chi connectivity index (χ1n) is 9.55. The lowest BCUT2D eigenvalue weighted by atomic mass is 9.92. The highest BCUT2D eigenvalue weighted by Gasteiger charge is 2.28. The molecule has 0 amide bonds. The molecule has 0 bridgehead atoms. The van der Waals surface area contributed by atoms with Crippen LogP contribution in [-0.4, -0.2) is 14.7 Å². The van der Waals surface area contributed by atoms with E-state index >= 15 is 0 Å². The molecule has 0 radical (unpaired) electrons. The van der Waals surface area contributed by atoms with Crippen molar-refractivity contribution >= 4 is 32.9 Å². The molecule has 0 unspecified atom stereocenters. The van der Waals surface area contributed by atoms with Gasteiger partial charge in [0.1, 0.15) is 16.4 Å². The molecular formula is C24H20N2O2S. The summed E-state index contributed by atoms with van der Waals surface area (Å²) in [6, 6.07) is 15.7. The third-order valence-electron chi connectivity index (χ3n) is 5.69. The van der Waals surface area contributed by atoms with Gasteiger partial charge in [0, 0.05) is 10.4 Å². The van der Waals surface area contributed by atoms with Crippen LogP contribution in [-0.2, 0) is 6.54 Å². The molecule has 0 fully saturated rings. The highest BCUT2D eigenvalue weighted by molar-refractivity contribution is 7.18. The number of hydrogen-bond donors (Lipinski definition) is 1. The third-order valence-corrected chi connectivity index (χ3v) is 6.92. The number of nitrogens with zero attached hydrogens (tertiary/aromatic N) is 2. The number of aromatic nitrogens is 2. The fraction of sp³-hybridized carbons (Fsp3) is 0.167. The van der Waals surface area contributed by atoms with Crippen molar-refractivity contribution in [3.05, 3.63) is 97.4 Å². The van der Waals surface area contributed by atoms with Gasteiger partial charge in [-0.05, 0) is 37.5 Å². The number of thiophene rings is 1. The van der Waals surface area contributed by atoms with Gasteiger partial charge in [-0.1, -0.05) is 54.1 Å². The average Bonchev–Trinajstić information content (AvgIpc) is 3.02. The zero-order chi connectivity index (χ0) is 20.3. The predicted molar refractivity (Wildman–Crippen MR) is 119 cm³/mol. The van der Waals surface area contributed by atoms with Crippen molar-refractivity contribution in [2.24, 2.45) is 0 Å². The van der Waals surface area contributed by atoms with Crippen LogP contribution in [0.4, 0.5) is 0 Å². The van der Waals surface area contributed by atoms with Gasteiger partial charge in [0.05, 0.1) is 17.5 Å². The second-order valence-corrected chi connectivity index (χ2v) is 8.74. The van der Waals surface area contributed by atoms with E-state index in [-0.39, 0.29) is 11.3 Å². The minimum Gasteiger partial charge on any atom is -0.507 e. The van der Waals surface area contributed by atoms with Crippen molar-refractivity contribution in [1.82, 2.24) is 9.55 Å². The van der Waals surface area contributed by atoms with Crippen molar-refractivity contribution in [3.8, 4) is 0 Å². The maximum atomic E-state index is 12.9. The van der Waals surface area contributed by atoms with Crippen LogP contribution in [0.3, 0.4) is 0 Å². The summed E-state index contributed by atoms with van der Waals surface area (Å²) < 4.78 is 2.07. The minimum atomic E-state index is -0.235. The predicted octanol–water partition coefficient (Wildman–Crippen LogP) is 5.22. The Morgan fingerprint density at radius 1 is 1.07 bits per heavy atom. The summed E-state index contributed by atoms with van der Waals surface area (Å²) >= 11 is 1.61. The van der Waals surface area contributed by atoms with Crippen molar-refractivity contribution in [1.29, 1.82) is 0 Å². The number of aliphatic hydroxyl groups is 1. The van der Waals surface area contributed by atoms with Gasteiger partial charge in [0.2, 0.25) is 0 Å². The van der Waals surface area contributed by atoms with Crippen LogP contribution in [0.15, 0.2) is 53.3 Å². The Bertz CT molecular complexity index is 1370. The fourth-order valence-corrected chi connectivity index (χ4v) is 5.13. The average molecular weight is 401 g/mol. The van der Waals surface area contributed by atoms with Gasteiger partial charge >= 0.3 is 0 Å². The molecular weight excluding hydrogens is 380 g/mol. The van der Waals surface area contributed by atoms with Gasteiger partial charge in [-0.3, -0.25) is 4.79 Å². The van der Waals surface area contributed by atoms with E-state index in [0.29, 0.717) is 28.9 Å². The molecule has 1 aliphatic heterocycles. The Kier molecular flexibility index (Phi) is 3.96. The van der Waals surface area contributed by atoms with Crippen LogP contribution in [0, 0.1) is 20.8 Å². The molecule has 1 aliphatic rings. The van der Waals surface area contributed by atoms with Crippen LogP contribution in [0.2, 0.25) is 0 Å². The van der Waals surface area contributed by atoms with E-state index in [0.717, 1.165) is 32.0 Å². The molecule has 0 aliphatic carbocycles. The van der Waals surface area contributed by atoms with Crippen molar-refractivity contribution in [3.63, 3.8) is 0 Å². The van der Waals surface area contributed by atoms with E-state index < -0.39 is 0 Å². The van der Waals surface area contributed by atoms with Crippen LogP contribution in [0.5, 0.6) is 0 Å². The lowest BCUT2D eigenvalue weighted by molar-refractivity contribution is 0.512. The van der Waals surface area contributed by atoms with Crippen molar-refractivity contribution in [2.45, 2.75) is 27.3 Å². The summed E-state index contributed by atoms with van der Waals surface area (Å²) in [4.78, 5) is 19.4. The molecule has 2 aromatic carbocycles. The standard InChI is InChI=1S/C24H20N2O2S/c1-13-8-10-16(11-9-13)21(27)20-18-7-5-4-6-17(18)12-26-22(20)25-23(28)19-14(2)15(3)29-24(19)26/h4-11,27H,12H2,1-3H3/b21-20+. The zero-order valence-corrected chi connectivity index (χ0v) is 17.3. The van der Waals surface area contributed by atoms with Crippen LogP contribution in [0.1, 0.15) is 38.5 Å². The van der Waals surface area contributed by atoms with Gasteiger partial charge in [0.25, 0.3) is 5.56 Å². The lowest BCUT2D eigenvalue weighted by Gasteiger charge is -2.25. The number of benzene rings is 2. The van der Waals surface area contributed by atoms with Crippen molar-refractivity contribution in [2.75, 3.05) is 0 Å². The SMILES string of the molecule is Cc1ccc(/C(O)=C2/c3ccccc3Cn3c2nc(=O)c2c(C)c(C)sc23)cc1. The summed E-state index contributed by atoms with van der Waals surface area (Å²) in [5, 5.41) is 12.0. The highest BCUT2D eigenvalue weighted by Crippen LogP contribution is 2.39. The molecule has 0 saturated carbocycles. The van der Waals surface area contributed by atoms with Crippen LogP contribution < -0.4 is 5.56 Å². The van der Waals surface area contributed by atoms with Gasteiger partial charge in [-0.25, -0.2) is 0 Å².